The van der Waals surface area contributed by atoms with Gasteiger partial charge >= 0.3 is 0 Å². The Bertz CT molecular complexity index is 89.3. The molecule has 2 nitrogen and oxygen atoms in total. The molecule has 1 atom stereocenters. The Hall–Kier alpha value is -0.500. The van der Waals surface area contributed by atoms with Gasteiger partial charge in [-0.3, -0.25) is 0 Å². The van der Waals surface area contributed by atoms with E-state index in [1.165, 1.54) is 6.08 Å². The first-order valence-electron chi connectivity index (χ1n) is 3.80. The van der Waals surface area contributed by atoms with Crippen molar-refractivity contribution in [1.82, 2.24) is 0 Å². The van der Waals surface area contributed by atoms with Gasteiger partial charge in [-0.1, -0.05) is 26.2 Å². The third-order valence-electron chi connectivity index (χ3n) is 1.41. The minimum absolute atomic E-state index is 0.462. The van der Waals surface area contributed by atoms with E-state index in [9.17, 15) is 0 Å². The largest absolute Gasteiger partial charge is 0.516 e. The number of aliphatic hydroxyl groups is 2. The van der Waals surface area contributed by atoms with Gasteiger partial charge in [0.1, 0.15) is 0 Å². The summed E-state index contributed by atoms with van der Waals surface area (Å²) in [5.74, 6) is 0. The standard InChI is InChI=1S/C8H16O2/c1-2-3-4-5-8(10)6-7-9/h6-10H,2-5H2,1H3/t8-/m1/s1. The van der Waals surface area contributed by atoms with Gasteiger partial charge in [0, 0.05) is 0 Å². The Balaban J connectivity index is 3.13. The third kappa shape index (κ3) is 5.63. The zero-order valence-corrected chi connectivity index (χ0v) is 6.45. The van der Waals surface area contributed by atoms with Crippen molar-refractivity contribution in [3.63, 3.8) is 0 Å². The second kappa shape index (κ2) is 6.62. The van der Waals surface area contributed by atoms with Crippen molar-refractivity contribution in [2.75, 3.05) is 0 Å². The van der Waals surface area contributed by atoms with Gasteiger partial charge in [0.25, 0.3) is 0 Å². The van der Waals surface area contributed by atoms with Gasteiger partial charge in [0.05, 0.1) is 12.4 Å². The molecule has 0 aliphatic heterocycles. The maximum Gasteiger partial charge on any atom is 0.0777 e. The molecule has 60 valence electrons. The zero-order valence-electron chi connectivity index (χ0n) is 6.45. The van der Waals surface area contributed by atoms with Crippen molar-refractivity contribution in [1.29, 1.82) is 0 Å². The Morgan fingerprint density at radius 3 is 2.60 bits per heavy atom. The topological polar surface area (TPSA) is 40.5 Å². The molecule has 0 saturated carbocycles. The predicted molar refractivity (Wildman–Crippen MR) is 41.9 cm³/mol. The van der Waals surface area contributed by atoms with Gasteiger partial charge in [-0.25, -0.2) is 0 Å². The van der Waals surface area contributed by atoms with Crippen molar-refractivity contribution >= 4 is 0 Å². The summed E-state index contributed by atoms with van der Waals surface area (Å²) < 4.78 is 0. The number of aliphatic hydroxyl groups excluding tert-OH is 2. The molecule has 2 N–H and O–H groups in total. The van der Waals surface area contributed by atoms with E-state index in [1.807, 2.05) is 0 Å². The molecule has 0 aromatic heterocycles. The summed E-state index contributed by atoms with van der Waals surface area (Å²) in [4.78, 5) is 0. The summed E-state index contributed by atoms with van der Waals surface area (Å²) in [6, 6.07) is 0. The van der Waals surface area contributed by atoms with Crippen LogP contribution in [-0.2, 0) is 0 Å². The summed E-state index contributed by atoms with van der Waals surface area (Å²) >= 11 is 0. The molecule has 0 aliphatic carbocycles. The molecule has 0 spiro atoms. The Morgan fingerprint density at radius 2 is 2.10 bits per heavy atom. The lowest BCUT2D eigenvalue weighted by molar-refractivity contribution is 0.205. The highest BCUT2D eigenvalue weighted by Gasteiger charge is 1.96. The van der Waals surface area contributed by atoms with Gasteiger partial charge in [-0.15, -0.1) is 0 Å². The average Bonchev–Trinajstić information content (AvgIpc) is 1.89. The van der Waals surface area contributed by atoms with Crippen LogP contribution in [0, 0.1) is 0 Å². The number of hydrogen-bond acceptors (Lipinski definition) is 2. The molecule has 0 unspecified atom stereocenters. The highest BCUT2D eigenvalue weighted by Crippen LogP contribution is 2.03. The normalized spacial score (nSPS) is 14.2. The molecule has 0 aromatic carbocycles. The van der Waals surface area contributed by atoms with Crippen LogP contribution < -0.4 is 0 Å². The molecular weight excluding hydrogens is 128 g/mol. The second-order valence-corrected chi connectivity index (χ2v) is 2.40. The molecule has 0 fully saturated rings. The third-order valence-corrected chi connectivity index (χ3v) is 1.41. The SMILES string of the molecule is CCCCC[C@@H](O)C=CO. The minimum atomic E-state index is -0.462. The molecule has 0 amide bonds. The van der Waals surface area contributed by atoms with Crippen LogP contribution in [-0.4, -0.2) is 16.3 Å². The van der Waals surface area contributed by atoms with Crippen LogP contribution in [0.1, 0.15) is 32.6 Å². The smallest absolute Gasteiger partial charge is 0.0777 e. The van der Waals surface area contributed by atoms with Crippen molar-refractivity contribution in [3.8, 4) is 0 Å². The summed E-state index contributed by atoms with van der Waals surface area (Å²) in [5.41, 5.74) is 0. The van der Waals surface area contributed by atoms with Crippen LogP contribution in [0.4, 0.5) is 0 Å². The van der Waals surface area contributed by atoms with Gasteiger partial charge in [-0.2, -0.15) is 0 Å². The van der Waals surface area contributed by atoms with E-state index >= 15 is 0 Å². The van der Waals surface area contributed by atoms with E-state index in [4.69, 9.17) is 10.2 Å². The number of rotatable bonds is 5. The summed E-state index contributed by atoms with van der Waals surface area (Å²) in [7, 11) is 0. The summed E-state index contributed by atoms with van der Waals surface area (Å²) in [5, 5.41) is 17.3. The molecule has 0 heterocycles. The average molecular weight is 144 g/mol. The van der Waals surface area contributed by atoms with E-state index < -0.39 is 6.10 Å². The molecular formula is C8H16O2. The summed E-state index contributed by atoms with van der Waals surface area (Å²) in [6.45, 7) is 2.12. The van der Waals surface area contributed by atoms with Crippen LogP contribution >= 0.6 is 0 Å². The molecule has 2 heteroatoms. The quantitative estimate of drug-likeness (QED) is 0.457. The highest BCUT2D eigenvalue weighted by molar-refractivity contribution is 4.81. The van der Waals surface area contributed by atoms with Crippen LogP contribution in [0.15, 0.2) is 12.3 Å². The van der Waals surface area contributed by atoms with Crippen LogP contribution in [0.25, 0.3) is 0 Å². The lowest BCUT2D eigenvalue weighted by Crippen LogP contribution is -2.00. The van der Waals surface area contributed by atoms with Crippen LogP contribution in [0.2, 0.25) is 0 Å². The van der Waals surface area contributed by atoms with Crippen molar-refractivity contribution < 1.29 is 10.2 Å². The Kier molecular flexibility index (Phi) is 6.29. The van der Waals surface area contributed by atoms with Crippen molar-refractivity contribution in [3.05, 3.63) is 12.3 Å². The minimum Gasteiger partial charge on any atom is -0.516 e. The first-order valence-corrected chi connectivity index (χ1v) is 3.80. The Labute approximate surface area is 62.2 Å². The van der Waals surface area contributed by atoms with Crippen LogP contribution in [0.5, 0.6) is 0 Å². The molecule has 0 aromatic rings. The van der Waals surface area contributed by atoms with Gasteiger partial charge in [0.15, 0.2) is 0 Å². The molecule has 0 radical (unpaired) electrons. The lowest BCUT2D eigenvalue weighted by atomic mass is 10.1. The first-order chi connectivity index (χ1) is 4.81. The highest BCUT2D eigenvalue weighted by atomic mass is 16.3. The Morgan fingerprint density at radius 1 is 1.40 bits per heavy atom. The number of unbranched alkanes of at least 4 members (excludes halogenated alkanes) is 2. The van der Waals surface area contributed by atoms with E-state index in [-0.39, 0.29) is 0 Å². The molecule has 0 bridgehead atoms. The monoisotopic (exact) mass is 144 g/mol. The fourth-order valence-corrected chi connectivity index (χ4v) is 0.799. The van der Waals surface area contributed by atoms with Crippen molar-refractivity contribution in [2.24, 2.45) is 0 Å². The van der Waals surface area contributed by atoms with E-state index in [1.54, 1.807) is 0 Å². The number of hydrogen-bond donors (Lipinski definition) is 2. The van der Waals surface area contributed by atoms with Crippen LogP contribution in [0.3, 0.4) is 0 Å². The van der Waals surface area contributed by atoms with Gasteiger partial charge < -0.3 is 10.2 Å². The van der Waals surface area contributed by atoms with Crippen molar-refractivity contribution in [2.45, 2.75) is 38.7 Å². The maximum atomic E-state index is 9.03. The first kappa shape index (κ1) is 9.50. The molecule has 10 heavy (non-hydrogen) atoms. The zero-order chi connectivity index (χ0) is 7.82. The van der Waals surface area contributed by atoms with E-state index in [2.05, 4.69) is 6.92 Å². The second-order valence-electron chi connectivity index (χ2n) is 2.40. The van der Waals surface area contributed by atoms with E-state index in [0.29, 0.717) is 0 Å². The molecule has 0 aliphatic rings. The predicted octanol–water partition coefficient (Wildman–Crippen LogP) is 2.00. The fourth-order valence-electron chi connectivity index (χ4n) is 0.799. The van der Waals surface area contributed by atoms with Gasteiger partial charge in [-0.05, 0) is 12.5 Å². The molecule has 0 saturated heterocycles. The van der Waals surface area contributed by atoms with Gasteiger partial charge in [0.2, 0.25) is 0 Å². The fraction of sp³-hybridized carbons (Fsp3) is 0.750. The lowest BCUT2D eigenvalue weighted by Gasteiger charge is -2.02. The maximum absolute atomic E-state index is 9.03. The summed E-state index contributed by atoms with van der Waals surface area (Å²) in [6.07, 6.45) is 5.93. The van der Waals surface area contributed by atoms with E-state index in [0.717, 1.165) is 31.9 Å². The molecule has 0 rings (SSSR count).